The van der Waals surface area contributed by atoms with Crippen LogP contribution in [0, 0.1) is 11.8 Å². The predicted octanol–water partition coefficient (Wildman–Crippen LogP) is -0.529. The Labute approximate surface area is 236 Å². The van der Waals surface area contributed by atoms with Crippen molar-refractivity contribution in [3.8, 4) is 0 Å². The Bertz CT molecular complexity index is 1260. The fraction of sp³-hybridized carbons (Fsp3) is 0.692. The summed E-state index contributed by atoms with van der Waals surface area (Å²) in [5.74, 6) is 0.333. The maximum atomic E-state index is 12.4. The molecule has 3 aliphatic rings. The van der Waals surface area contributed by atoms with Gasteiger partial charge in [0.2, 0.25) is 5.91 Å². The van der Waals surface area contributed by atoms with Crippen LogP contribution < -0.4 is 16.4 Å². The van der Waals surface area contributed by atoms with Gasteiger partial charge in [0, 0.05) is 32.6 Å². The quantitative estimate of drug-likeness (QED) is 0.257. The van der Waals surface area contributed by atoms with Gasteiger partial charge in [-0.3, -0.25) is 14.2 Å². The molecular weight excluding hydrogens is 536 g/mol. The third-order valence-electron chi connectivity index (χ3n) is 8.07. The van der Waals surface area contributed by atoms with Gasteiger partial charge in [0.15, 0.2) is 23.8 Å². The second kappa shape index (κ2) is 12.5. The minimum Gasteiger partial charge on any atom is -0.449 e. The van der Waals surface area contributed by atoms with E-state index in [0.717, 1.165) is 25.7 Å². The average molecular weight is 575 g/mol. The predicted molar refractivity (Wildman–Crippen MR) is 144 cm³/mol. The molecule has 6 N–H and O–H groups in total. The van der Waals surface area contributed by atoms with Gasteiger partial charge < -0.3 is 41.0 Å². The van der Waals surface area contributed by atoms with E-state index < -0.39 is 30.4 Å². The molecule has 5 rings (SSSR count). The molecular formula is C26H38N8O7. The molecule has 3 fully saturated rings. The molecule has 15 heteroatoms. The number of likely N-dealkylation sites (N-methyl/N-ethyl adjacent to an activating group) is 1. The largest absolute Gasteiger partial charge is 0.449 e. The lowest BCUT2D eigenvalue weighted by molar-refractivity contribution is -0.137. The zero-order valence-electron chi connectivity index (χ0n) is 23.1. The number of anilines is 1. The smallest absolute Gasteiger partial charge is 0.409 e. The Hall–Kier alpha value is -3.56. The van der Waals surface area contributed by atoms with Crippen molar-refractivity contribution in [3.63, 3.8) is 0 Å². The number of nitrogen functional groups attached to an aromatic ring is 1. The molecule has 5 heterocycles. The SMILES string of the molecule is CCNC(=O)[C@H]1O[C@@H](n2cnc3c(N)nc(CCCC4CCN(C(=O)OCC5CCNC5=O)CC4)nc32)C(O)[C@H]1O. The van der Waals surface area contributed by atoms with Gasteiger partial charge in [-0.15, -0.1) is 0 Å². The van der Waals surface area contributed by atoms with Crippen molar-refractivity contribution >= 4 is 34.9 Å². The lowest BCUT2D eigenvalue weighted by Gasteiger charge is -2.31. The van der Waals surface area contributed by atoms with E-state index in [1.165, 1.54) is 10.9 Å². The summed E-state index contributed by atoms with van der Waals surface area (Å²) in [5.41, 5.74) is 6.85. The number of aliphatic hydroxyl groups excluding tert-OH is 2. The molecule has 0 spiro atoms. The maximum Gasteiger partial charge on any atom is 0.409 e. The highest BCUT2D eigenvalue weighted by molar-refractivity contribution is 5.83. The molecule has 0 aliphatic carbocycles. The van der Waals surface area contributed by atoms with Crippen molar-refractivity contribution in [2.75, 3.05) is 38.5 Å². The fourth-order valence-corrected chi connectivity index (χ4v) is 5.68. The molecule has 2 unspecified atom stereocenters. The van der Waals surface area contributed by atoms with E-state index in [2.05, 4.69) is 25.6 Å². The van der Waals surface area contributed by atoms with Crippen molar-refractivity contribution in [3.05, 3.63) is 12.2 Å². The van der Waals surface area contributed by atoms with E-state index in [0.29, 0.717) is 61.9 Å². The van der Waals surface area contributed by atoms with Crippen LogP contribution in [0.2, 0.25) is 0 Å². The third-order valence-corrected chi connectivity index (χ3v) is 8.07. The normalized spacial score (nSPS) is 26.9. The molecule has 41 heavy (non-hydrogen) atoms. The number of aliphatic hydroxyl groups is 2. The summed E-state index contributed by atoms with van der Waals surface area (Å²) in [7, 11) is 0. The summed E-state index contributed by atoms with van der Waals surface area (Å²) in [5, 5.41) is 26.4. The fourth-order valence-electron chi connectivity index (χ4n) is 5.68. The second-order valence-corrected chi connectivity index (χ2v) is 10.8. The number of carbonyl (C=O) groups excluding carboxylic acids is 3. The number of nitrogens with two attached hydrogens (primary N) is 1. The van der Waals surface area contributed by atoms with E-state index >= 15 is 0 Å². The summed E-state index contributed by atoms with van der Waals surface area (Å²) in [6, 6.07) is 0. The monoisotopic (exact) mass is 574 g/mol. The number of aromatic nitrogens is 4. The number of ether oxygens (including phenoxy) is 2. The van der Waals surface area contributed by atoms with Crippen molar-refractivity contribution in [2.45, 2.75) is 70.0 Å². The number of imidazole rings is 1. The van der Waals surface area contributed by atoms with Crippen molar-refractivity contribution < 1.29 is 34.1 Å². The van der Waals surface area contributed by atoms with Gasteiger partial charge in [-0.05, 0) is 44.9 Å². The van der Waals surface area contributed by atoms with Crippen LogP contribution in [-0.2, 0) is 25.5 Å². The van der Waals surface area contributed by atoms with Crippen LogP contribution in [0.1, 0.15) is 51.1 Å². The summed E-state index contributed by atoms with van der Waals surface area (Å²) in [4.78, 5) is 51.3. The average Bonchev–Trinajstić information content (AvgIpc) is 3.65. The van der Waals surface area contributed by atoms with Crippen LogP contribution in [0.25, 0.3) is 11.2 Å². The van der Waals surface area contributed by atoms with Crippen LogP contribution in [0.4, 0.5) is 10.6 Å². The molecule has 2 aromatic rings. The Morgan fingerprint density at radius 1 is 1.22 bits per heavy atom. The number of hydrogen-bond acceptors (Lipinski definition) is 11. The highest BCUT2D eigenvalue weighted by Gasteiger charge is 2.47. The van der Waals surface area contributed by atoms with Gasteiger partial charge in [0.05, 0.1) is 12.2 Å². The number of amides is 3. The molecule has 2 aromatic heterocycles. The first-order chi connectivity index (χ1) is 19.8. The molecule has 3 aliphatic heterocycles. The van der Waals surface area contributed by atoms with Crippen LogP contribution in [0.15, 0.2) is 6.33 Å². The third kappa shape index (κ3) is 6.21. The number of piperidine rings is 1. The molecule has 3 amide bonds. The lowest BCUT2D eigenvalue weighted by atomic mass is 9.91. The first kappa shape index (κ1) is 29.0. The molecule has 0 radical (unpaired) electrons. The number of aryl methyl sites for hydroxylation is 1. The zero-order chi connectivity index (χ0) is 29.1. The number of nitrogens with zero attached hydrogens (tertiary/aromatic N) is 5. The number of hydrogen-bond donors (Lipinski definition) is 5. The zero-order valence-corrected chi connectivity index (χ0v) is 23.1. The number of nitrogens with one attached hydrogen (secondary N) is 2. The maximum absolute atomic E-state index is 12.4. The molecule has 0 saturated carbocycles. The van der Waals surface area contributed by atoms with Gasteiger partial charge >= 0.3 is 6.09 Å². The first-order valence-electron chi connectivity index (χ1n) is 14.2. The highest BCUT2D eigenvalue weighted by atomic mass is 16.6. The van der Waals surface area contributed by atoms with E-state index in [9.17, 15) is 24.6 Å². The Balaban J connectivity index is 1.13. The van der Waals surface area contributed by atoms with Gasteiger partial charge in [0.25, 0.3) is 5.91 Å². The van der Waals surface area contributed by atoms with Crippen LogP contribution >= 0.6 is 0 Å². The minimum atomic E-state index is -1.41. The summed E-state index contributed by atoms with van der Waals surface area (Å²) in [6.07, 6.45) is 0.674. The first-order valence-corrected chi connectivity index (χ1v) is 14.2. The summed E-state index contributed by atoms with van der Waals surface area (Å²) >= 11 is 0. The Morgan fingerprint density at radius 3 is 2.71 bits per heavy atom. The van der Waals surface area contributed by atoms with E-state index in [1.54, 1.807) is 11.8 Å². The molecule has 15 nitrogen and oxygen atoms in total. The number of fused-ring (bicyclic) bond motifs is 1. The Kier molecular flexibility index (Phi) is 8.85. The van der Waals surface area contributed by atoms with Crippen molar-refractivity contribution in [1.82, 2.24) is 35.1 Å². The number of carbonyl (C=O) groups is 3. The van der Waals surface area contributed by atoms with Gasteiger partial charge in [0.1, 0.15) is 30.2 Å². The van der Waals surface area contributed by atoms with Gasteiger partial charge in [-0.2, -0.15) is 0 Å². The van der Waals surface area contributed by atoms with Crippen LogP contribution in [0.5, 0.6) is 0 Å². The van der Waals surface area contributed by atoms with Crippen molar-refractivity contribution in [1.29, 1.82) is 0 Å². The topological polar surface area (TPSA) is 207 Å². The number of likely N-dealkylation sites (tertiary alicyclic amines) is 1. The van der Waals surface area contributed by atoms with Crippen LogP contribution in [-0.4, -0.2) is 104 Å². The molecule has 224 valence electrons. The molecule has 3 saturated heterocycles. The summed E-state index contributed by atoms with van der Waals surface area (Å²) < 4.78 is 12.6. The molecule has 0 aromatic carbocycles. The second-order valence-electron chi connectivity index (χ2n) is 10.8. The highest BCUT2D eigenvalue weighted by Crippen LogP contribution is 2.32. The Morgan fingerprint density at radius 2 is 2.00 bits per heavy atom. The van der Waals surface area contributed by atoms with E-state index in [4.69, 9.17) is 15.2 Å². The minimum absolute atomic E-state index is 0.0563. The van der Waals surface area contributed by atoms with Gasteiger partial charge in [-0.1, -0.05) is 0 Å². The van der Waals surface area contributed by atoms with Crippen LogP contribution in [0.3, 0.4) is 0 Å². The molecule has 0 bridgehead atoms. The van der Waals surface area contributed by atoms with E-state index in [1.807, 2.05) is 0 Å². The number of rotatable bonds is 9. The molecule has 5 atom stereocenters. The van der Waals surface area contributed by atoms with Gasteiger partial charge in [-0.25, -0.2) is 19.7 Å². The standard InChI is InChI=1S/C26H38N8O7/c1-2-28-24(38)20-18(35)19(36)25(41-20)34-13-30-17-21(27)31-16(32-22(17)34)5-3-4-14-7-10-33(11-8-14)26(39)40-12-15-6-9-29-23(15)37/h13-15,18-20,25,35-36H,2-12H2,1H3,(H,28,38)(H,29,37)(H2,27,31,32)/t15?,18-,19?,20+,25-/m1/s1. The lowest BCUT2D eigenvalue weighted by Crippen LogP contribution is -2.42. The summed E-state index contributed by atoms with van der Waals surface area (Å²) in [6.45, 7) is 4.09. The van der Waals surface area contributed by atoms with E-state index in [-0.39, 0.29) is 30.3 Å². The van der Waals surface area contributed by atoms with Crippen molar-refractivity contribution in [2.24, 2.45) is 11.8 Å².